The molecule has 0 saturated carbocycles. The molecule has 0 aromatic heterocycles. The third-order valence-corrected chi connectivity index (χ3v) is 2.66. The zero-order valence-electron chi connectivity index (χ0n) is 10.7. The average Bonchev–Trinajstić information content (AvgIpc) is 2.39. The lowest BCUT2D eigenvalue weighted by Gasteiger charge is -2.15. The third-order valence-electron chi connectivity index (χ3n) is 2.66. The first kappa shape index (κ1) is 15.1. The van der Waals surface area contributed by atoms with Crippen LogP contribution in [0, 0.1) is 0 Å². The first-order valence-electron chi connectivity index (χ1n) is 5.87. The number of nitrogens with one attached hydrogen (secondary N) is 1. The van der Waals surface area contributed by atoms with Crippen LogP contribution in [0.2, 0.25) is 0 Å². The Balaban J connectivity index is 2.43. The second-order valence-electron chi connectivity index (χ2n) is 4.10. The summed E-state index contributed by atoms with van der Waals surface area (Å²) in [6.07, 6.45) is -0.662. The van der Waals surface area contributed by atoms with Gasteiger partial charge >= 0.3 is 5.97 Å². The van der Waals surface area contributed by atoms with Crippen LogP contribution in [0.25, 0.3) is 0 Å². The number of methoxy groups -OCH3 is 1. The van der Waals surface area contributed by atoms with Gasteiger partial charge in [-0.15, -0.1) is 0 Å². The molecule has 0 spiro atoms. The summed E-state index contributed by atoms with van der Waals surface area (Å²) in [6, 6.07) is 8.65. The summed E-state index contributed by atoms with van der Waals surface area (Å²) < 4.78 is 4.71. The molecule has 2 atom stereocenters. The Morgan fingerprint density at radius 2 is 2.00 bits per heavy atom. The van der Waals surface area contributed by atoms with Crippen LogP contribution in [0.1, 0.15) is 5.56 Å². The first-order valence-corrected chi connectivity index (χ1v) is 5.87. The maximum atomic E-state index is 11.7. The molecular formula is C13H18N2O4. The van der Waals surface area contributed by atoms with Gasteiger partial charge in [-0.3, -0.25) is 4.79 Å². The highest BCUT2D eigenvalue weighted by Gasteiger charge is 2.19. The summed E-state index contributed by atoms with van der Waals surface area (Å²) in [7, 11) is 1.27. The van der Waals surface area contributed by atoms with Crippen LogP contribution < -0.4 is 11.1 Å². The first-order chi connectivity index (χ1) is 9.04. The van der Waals surface area contributed by atoms with Crippen molar-refractivity contribution in [2.45, 2.75) is 18.6 Å². The molecule has 1 rings (SSSR count). The van der Waals surface area contributed by atoms with Gasteiger partial charge in [-0.05, 0) is 12.0 Å². The van der Waals surface area contributed by atoms with Crippen molar-refractivity contribution in [2.75, 3.05) is 13.7 Å². The molecule has 0 saturated heterocycles. The number of ether oxygens (including phenoxy) is 1. The maximum absolute atomic E-state index is 11.7. The van der Waals surface area contributed by atoms with Gasteiger partial charge in [0.15, 0.2) is 6.10 Å². The molecule has 0 radical (unpaired) electrons. The van der Waals surface area contributed by atoms with E-state index in [1.807, 2.05) is 30.3 Å². The Hall–Kier alpha value is -1.92. The number of carbonyl (C=O) groups excluding carboxylic acids is 1. The zero-order valence-corrected chi connectivity index (χ0v) is 10.7. The monoisotopic (exact) mass is 266 g/mol. The average molecular weight is 266 g/mol. The summed E-state index contributed by atoms with van der Waals surface area (Å²) in [5.41, 5.74) is 6.70. The van der Waals surface area contributed by atoms with Gasteiger partial charge in [0.2, 0.25) is 5.91 Å². The van der Waals surface area contributed by atoms with Gasteiger partial charge in [0.25, 0.3) is 0 Å². The van der Waals surface area contributed by atoms with E-state index < -0.39 is 24.0 Å². The van der Waals surface area contributed by atoms with Crippen molar-refractivity contribution >= 4 is 11.9 Å². The molecule has 1 amide bonds. The molecule has 4 N–H and O–H groups in total. The standard InChI is InChI=1S/C13H18N2O4/c1-19-11(13(17)18)8-15-12(16)10(14)7-9-5-3-2-4-6-9/h2-6,10-11H,7-8,14H2,1H3,(H,15,16)(H,17,18)/t10-,11?/m0/s1. The Morgan fingerprint density at radius 1 is 1.37 bits per heavy atom. The van der Waals surface area contributed by atoms with Gasteiger partial charge < -0.3 is 20.9 Å². The lowest BCUT2D eigenvalue weighted by Crippen LogP contribution is -2.46. The number of carbonyl (C=O) groups is 2. The highest BCUT2D eigenvalue weighted by atomic mass is 16.5. The molecule has 6 heteroatoms. The molecule has 0 heterocycles. The molecule has 0 aliphatic heterocycles. The van der Waals surface area contributed by atoms with E-state index >= 15 is 0 Å². The second-order valence-corrected chi connectivity index (χ2v) is 4.10. The molecule has 0 fully saturated rings. The van der Waals surface area contributed by atoms with Crippen molar-refractivity contribution in [1.29, 1.82) is 0 Å². The fourth-order valence-corrected chi connectivity index (χ4v) is 1.56. The molecule has 0 aliphatic rings. The summed E-state index contributed by atoms with van der Waals surface area (Å²) >= 11 is 0. The van der Waals surface area contributed by atoms with Crippen LogP contribution >= 0.6 is 0 Å². The molecular weight excluding hydrogens is 248 g/mol. The minimum absolute atomic E-state index is 0.104. The molecule has 6 nitrogen and oxygen atoms in total. The van der Waals surface area contributed by atoms with Crippen LogP contribution in [-0.2, 0) is 20.7 Å². The quantitative estimate of drug-likeness (QED) is 0.633. The fourth-order valence-electron chi connectivity index (χ4n) is 1.56. The van der Waals surface area contributed by atoms with Crippen molar-refractivity contribution in [3.63, 3.8) is 0 Å². The van der Waals surface area contributed by atoms with Gasteiger partial charge in [0.1, 0.15) is 0 Å². The second kappa shape index (κ2) is 7.50. The van der Waals surface area contributed by atoms with Crippen molar-refractivity contribution in [2.24, 2.45) is 5.73 Å². The third kappa shape index (κ3) is 5.07. The summed E-state index contributed by atoms with van der Waals surface area (Å²) in [5.74, 6) is -1.52. The predicted molar refractivity (Wildman–Crippen MR) is 69.6 cm³/mol. The predicted octanol–water partition coefficient (Wildman–Crippen LogP) is -0.228. The van der Waals surface area contributed by atoms with Gasteiger partial charge in [0.05, 0.1) is 12.6 Å². The van der Waals surface area contributed by atoms with Gasteiger partial charge in [0, 0.05) is 7.11 Å². The number of benzene rings is 1. The number of carboxylic acids is 1. The molecule has 1 aromatic rings. The molecule has 1 aromatic carbocycles. The SMILES string of the molecule is COC(CNC(=O)[C@@H](N)Cc1ccccc1)C(=O)O. The van der Waals surface area contributed by atoms with Crippen molar-refractivity contribution < 1.29 is 19.4 Å². The Morgan fingerprint density at radius 3 is 2.53 bits per heavy atom. The van der Waals surface area contributed by atoms with E-state index in [4.69, 9.17) is 15.6 Å². The summed E-state index contributed by atoms with van der Waals surface area (Å²) in [6.45, 7) is -0.104. The van der Waals surface area contributed by atoms with E-state index in [1.165, 1.54) is 7.11 Å². The topological polar surface area (TPSA) is 102 Å². The van der Waals surface area contributed by atoms with Crippen molar-refractivity contribution in [3.05, 3.63) is 35.9 Å². The number of nitrogens with two attached hydrogens (primary N) is 1. The molecule has 0 bridgehead atoms. The zero-order chi connectivity index (χ0) is 14.3. The van der Waals surface area contributed by atoms with E-state index in [0.717, 1.165) is 5.56 Å². The highest BCUT2D eigenvalue weighted by molar-refractivity contribution is 5.82. The smallest absolute Gasteiger partial charge is 0.334 e. The maximum Gasteiger partial charge on any atom is 0.334 e. The van der Waals surface area contributed by atoms with E-state index in [9.17, 15) is 9.59 Å². The number of amides is 1. The van der Waals surface area contributed by atoms with Crippen LogP contribution in [0.5, 0.6) is 0 Å². The Bertz CT molecular complexity index is 422. The summed E-state index contributed by atoms with van der Waals surface area (Å²) in [4.78, 5) is 22.4. The molecule has 0 aliphatic carbocycles. The van der Waals surface area contributed by atoms with E-state index in [1.54, 1.807) is 0 Å². The van der Waals surface area contributed by atoms with Gasteiger partial charge in [-0.2, -0.15) is 0 Å². The van der Waals surface area contributed by atoms with Crippen molar-refractivity contribution in [3.8, 4) is 0 Å². The minimum atomic E-state index is -1.13. The number of aliphatic carboxylic acids is 1. The lowest BCUT2D eigenvalue weighted by molar-refractivity contribution is -0.148. The molecule has 1 unspecified atom stereocenters. The normalized spacial score (nSPS) is 13.6. The van der Waals surface area contributed by atoms with Crippen LogP contribution in [-0.4, -0.2) is 42.8 Å². The van der Waals surface area contributed by atoms with Gasteiger partial charge in [-0.25, -0.2) is 4.79 Å². The Kier molecular flexibility index (Phi) is 5.98. The lowest BCUT2D eigenvalue weighted by atomic mass is 10.1. The molecule has 104 valence electrons. The summed E-state index contributed by atoms with van der Waals surface area (Å²) in [5, 5.41) is 11.2. The fraction of sp³-hybridized carbons (Fsp3) is 0.385. The largest absolute Gasteiger partial charge is 0.479 e. The van der Waals surface area contributed by atoms with E-state index in [2.05, 4.69) is 5.32 Å². The van der Waals surface area contributed by atoms with Crippen LogP contribution in [0.15, 0.2) is 30.3 Å². The van der Waals surface area contributed by atoms with E-state index in [0.29, 0.717) is 6.42 Å². The number of hydrogen-bond donors (Lipinski definition) is 3. The van der Waals surface area contributed by atoms with Crippen LogP contribution in [0.3, 0.4) is 0 Å². The highest BCUT2D eigenvalue weighted by Crippen LogP contribution is 2.01. The molecule has 19 heavy (non-hydrogen) atoms. The Labute approximate surface area is 111 Å². The van der Waals surface area contributed by atoms with Crippen molar-refractivity contribution in [1.82, 2.24) is 5.32 Å². The number of hydrogen-bond acceptors (Lipinski definition) is 4. The van der Waals surface area contributed by atoms with Gasteiger partial charge in [-0.1, -0.05) is 30.3 Å². The van der Waals surface area contributed by atoms with Crippen LogP contribution in [0.4, 0.5) is 0 Å². The number of rotatable bonds is 7. The van der Waals surface area contributed by atoms with E-state index in [-0.39, 0.29) is 6.54 Å². The minimum Gasteiger partial charge on any atom is -0.479 e. The number of carboxylic acid groups (broad SMARTS) is 1.